The fourth-order valence-corrected chi connectivity index (χ4v) is 4.37. The molecule has 4 rings (SSSR count). The summed E-state index contributed by atoms with van der Waals surface area (Å²) in [7, 11) is 0. The molecule has 3 N–H and O–H groups in total. The van der Waals surface area contributed by atoms with Gasteiger partial charge in [0.25, 0.3) is 5.56 Å². The molecular formula is C28H29N3O3. The maximum Gasteiger partial charge on any atom is 0.328 e. The van der Waals surface area contributed by atoms with Crippen molar-refractivity contribution in [2.75, 3.05) is 13.2 Å². The van der Waals surface area contributed by atoms with Crippen molar-refractivity contribution < 1.29 is 5.11 Å². The van der Waals surface area contributed by atoms with E-state index in [-0.39, 0.29) is 12.5 Å². The maximum atomic E-state index is 12.0. The summed E-state index contributed by atoms with van der Waals surface area (Å²) in [4.78, 5) is 25.7. The molecule has 0 amide bonds. The second-order valence-electron chi connectivity index (χ2n) is 8.37. The van der Waals surface area contributed by atoms with Gasteiger partial charge in [-0.3, -0.25) is 15.1 Å². The molecule has 0 bridgehead atoms. The zero-order valence-electron chi connectivity index (χ0n) is 18.9. The topological polar surface area (TPSA) is 87.1 Å². The Morgan fingerprint density at radius 3 is 1.74 bits per heavy atom. The molecule has 0 saturated heterocycles. The lowest BCUT2D eigenvalue weighted by atomic mass is 9.76. The number of hydrogen-bond acceptors (Lipinski definition) is 4. The van der Waals surface area contributed by atoms with E-state index in [2.05, 4.69) is 46.7 Å². The Morgan fingerprint density at radius 2 is 1.29 bits per heavy atom. The lowest BCUT2D eigenvalue weighted by molar-refractivity contribution is 0.202. The van der Waals surface area contributed by atoms with Crippen LogP contribution in [-0.2, 0) is 12.1 Å². The van der Waals surface area contributed by atoms with Crippen LogP contribution < -0.4 is 16.6 Å². The summed E-state index contributed by atoms with van der Waals surface area (Å²) >= 11 is 0. The second kappa shape index (κ2) is 10.9. The fourth-order valence-electron chi connectivity index (χ4n) is 4.37. The van der Waals surface area contributed by atoms with Gasteiger partial charge in [-0.15, -0.1) is 0 Å². The highest BCUT2D eigenvalue weighted by Gasteiger charge is 2.36. The molecule has 6 nitrogen and oxygen atoms in total. The lowest BCUT2D eigenvalue weighted by Crippen LogP contribution is -2.47. The molecule has 1 heterocycles. The number of aryl methyl sites for hydroxylation is 1. The molecule has 0 aliphatic rings. The zero-order chi connectivity index (χ0) is 23.8. The molecule has 4 aromatic rings. The molecule has 0 saturated carbocycles. The highest BCUT2D eigenvalue weighted by molar-refractivity contribution is 5.49. The van der Waals surface area contributed by atoms with Gasteiger partial charge < -0.3 is 9.67 Å². The minimum absolute atomic E-state index is 0.0282. The molecule has 1 atom stereocenters. The van der Waals surface area contributed by atoms with E-state index in [9.17, 15) is 14.7 Å². The Labute approximate surface area is 198 Å². The van der Waals surface area contributed by atoms with Crippen LogP contribution in [0.25, 0.3) is 0 Å². The minimum atomic E-state index is -0.619. The van der Waals surface area contributed by atoms with Crippen LogP contribution in [0.1, 0.15) is 23.1 Å². The first-order valence-corrected chi connectivity index (χ1v) is 11.5. The van der Waals surface area contributed by atoms with Crippen LogP contribution >= 0.6 is 0 Å². The first kappa shape index (κ1) is 23.4. The summed E-state index contributed by atoms with van der Waals surface area (Å²) < 4.78 is 1.46. The smallest absolute Gasteiger partial charge is 0.328 e. The minimum Gasteiger partial charge on any atom is -0.396 e. The Morgan fingerprint density at radius 1 is 0.794 bits per heavy atom. The molecule has 1 aromatic heterocycles. The van der Waals surface area contributed by atoms with Crippen molar-refractivity contribution in [2.24, 2.45) is 5.92 Å². The number of rotatable bonds is 10. The van der Waals surface area contributed by atoms with Crippen molar-refractivity contribution in [3.63, 3.8) is 0 Å². The molecule has 3 aromatic carbocycles. The zero-order valence-corrected chi connectivity index (χ0v) is 18.9. The average molecular weight is 456 g/mol. The van der Waals surface area contributed by atoms with Gasteiger partial charge in [-0.05, 0) is 29.0 Å². The number of aromatic nitrogens is 2. The van der Waals surface area contributed by atoms with Crippen LogP contribution in [0.5, 0.6) is 0 Å². The predicted molar refractivity (Wildman–Crippen MR) is 134 cm³/mol. The van der Waals surface area contributed by atoms with Gasteiger partial charge in [0.05, 0.1) is 5.54 Å². The molecular weight excluding hydrogens is 426 g/mol. The molecule has 34 heavy (non-hydrogen) atoms. The highest BCUT2D eigenvalue weighted by atomic mass is 16.3. The molecule has 0 fully saturated rings. The highest BCUT2D eigenvalue weighted by Crippen LogP contribution is 2.36. The van der Waals surface area contributed by atoms with Gasteiger partial charge in [0.1, 0.15) is 0 Å². The summed E-state index contributed by atoms with van der Waals surface area (Å²) in [5.41, 5.74) is 1.82. The predicted octanol–water partition coefficient (Wildman–Crippen LogP) is 3.12. The standard InChI is InChI=1S/C28H29N3O3/c32-21-22(16-18-31-19-17-26(33)30-27(31)34)20-29-28(23-10-4-1-5-11-23,24-12-6-2-7-13-24)25-14-8-3-9-15-25/h1-15,17,19,22,29,32H,16,18,20-21H2,(H,30,33,34). The van der Waals surface area contributed by atoms with Crippen LogP contribution in [-0.4, -0.2) is 27.8 Å². The number of nitrogens with one attached hydrogen (secondary N) is 2. The Kier molecular flexibility index (Phi) is 7.52. The maximum absolute atomic E-state index is 12.0. The lowest BCUT2D eigenvalue weighted by Gasteiger charge is -2.38. The van der Waals surface area contributed by atoms with Crippen LogP contribution in [0.3, 0.4) is 0 Å². The quantitative estimate of drug-likeness (QED) is 0.321. The Hall–Kier alpha value is -3.74. The van der Waals surface area contributed by atoms with Gasteiger partial charge in [-0.25, -0.2) is 4.79 Å². The third-order valence-corrected chi connectivity index (χ3v) is 6.21. The molecule has 0 aliphatic carbocycles. The van der Waals surface area contributed by atoms with E-state index < -0.39 is 16.8 Å². The van der Waals surface area contributed by atoms with Crippen LogP contribution in [0.15, 0.2) is 113 Å². The SMILES string of the molecule is O=c1ccn(CCC(CO)CNC(c2ccccc2)(c2ccccc2)c2ccccc2)c(=O)[nH]1. The van der Waals surface area contributed by atoms with Gasteiger partial charge in [0, 0.05) is 32.0 Å². The van der Waals surface area contributed by atoms with Gasteiger partial charge in [0.2, 0.25) is 0 Å². The molecule has 6 heteroatoms. The van der Waals surface area contributed by atoms with Gasteiger partial charge in [-0.1, -0.05) is 91.0 Å². The summed E-state index contributed by atoms with van der Waals surface area (Å²) in [5, 5.41) is 13.9. The summed E-state index contributed by atoms with van der Waals surface area (Å²) in [6.07, 6.45) is 2.06. The number of H-pyrrole nitrogens is 1. The van der Waals surface area contributed by atoms with Crippen LogP contribution in [0.2, 0.25) is 0 Å². The molecule has 0 spiro atoms. The van der Waals surface area contributed by atoms with Crippen molar-refractivity contribution in [1.82, 2.24) is 14.9 Å². The average Bonchev–Trinajstić information content (AvgIpc) is 2.89. The Balaban J connectivity index is 1.66. The van der Waals surface area contributed by atoms with Gasteiger partial charge >= 0.3 is 5.69 Å². The van der Waals surface area contributed by atoms with E-state index in [1.54, 1.807) is 0 Å². The van der Waals surface area contributed by atoms with Crippen molar-refractivity contribution in [2.45, 2.75) is 18.5 Å². The molecule has 174 valence electrons. The van der Waals surface area contributed by atoms with Crippen molar-refractivity contribution in [1.29, 1.82) is 0 Å². The second-order valence-corrected chi connectivity index (χ2v) is 8.37. The molecule has 1 unspecified atom stereocenters. The normalized spacial score (nSPS) is 12.4. The Bertz CT molecular complexity index is 1190. The number of hydrogen-bond donors (Lipinski definition) is 3. The van der Waals surface area contributed by atoms with E-state index in [4.69, 9.17) is 0 Å². The van der Waals surface area contributed by atoms with Gasteiger partial charge in [-0.2, -0.15) is 0 Å². The van der Waals surface area contributed by atoms with Crippen molar-refractivity contribution in [3.05, 3.63) is 141 Å². The number of benzene rings is 3. The van der Waals surface area contributed by atoms with E-state index in [1.807, 2.05) is 54.6 Å². The van der Waals surface area contributed by atoms with E-state index in [1.165, 1.54) is 16.8 Å². The van der Waals surface area contributed by atoms with Crippen molar-refractivity contribution in [3.8, 4) is 0 Å². The number of aromatic amines is 1. The first-order valence-electron chi connectivity index (χ1n) is 11.5. The van der Waals surface area contributed by atoms with Crippen LogP contribution in [0, 0.1) is 5.92 Å². The summed E-state index contributed by atoms with van der Waals surface area (Å²) in [6.45, 7) is 0.893. The largest absolute Gasteiger partial charge is 0.396 e. The number of aliphatic hydroxyl groups excluding tert-OH is 1. The van der Waals surface area contributed by atoms with E-state index >= 15 is 0 Å². The van der Waals surface area contributed by atoms with Crippen LogP contribution in [0.4, 0.5) is 0 Å². The van der Waals surface area contributed by atoms with Crippen molar-refractivity contribution >= 4 is 0 Å². The van der Waals surface area contributed by atoms with E-state index in [0.29, 0.717) is 19.5 Å². The molecule has 0 radical (unpaired) electrons. The van der Waals surface area contributed by atoms with E-state index in [0.717, 1.165) is 16.7 Å². The first-order chi connectivity index (χ1) is 16.6. The number of nitrogens with zero attached hydrogens (tertiary/aromatic N) is 1. The fraction of sp³-hybridized carbons (Fsp3) is 0.214. The van der Waals surface area contributed by atoms with Gasteiger partial charge in [0.15, 0.2) is 0 Å². The third kappa shape index (κ3) is 5.09. The molecule has 0 aliphatic heterocycles. The summed E-state index contributed by atoms with van der Waals surface area (Å²) in [6, 6.07) is 32.2. The summed E-state index contributed by atoms with van der Waals surface area (Å²) in [5.74, 6) is -0.102. The number of aliphatic hydroxyl groups is 1. The third-order valence-electron chi connectivity index (χ3n) is 6.21. The monoisotopic (exact) mass is 455 g/mol.